The monoisotopic (exact) mass is 574 g/mol. The lowest BCUT2D eigenvalue weighted by molar-refractivity contribution is -0.138. The maximum absolute atomic E-state index is 13.5. The van der Waals surface area contributed by atoms with Gasteiger partial charge in [-0.05, 0) is 74.2 Å². The Morgan fingerprint density at radius 1 is 0.878 bits per heavy atom. The highest BCUT2D eigenvalue weighted by molar-refractivity contribution is 7.90. The van der Waals surface area contributed by atoms with E-state index < -0.39 is 9.84 Å². The van der Waals surface area contributed by atoms with E-state index in [0.717, 1.165) is 68.7 Å². The summed E-state index contributed by atoms with van der Waals surface area (Å²) in [5.74, 6) is 0.214. The second-order valence-electron chi connectivity index (χ2n) is 11.2. The molecule has 1 spiro atoms. The molecule has 2 saturated heterocycles. The summed E-state index contributed by atoms with van der Waals surface area (Å²) in [6, 6.07) is 25.9. The van der Waals surface area contributed by atoms with Crippen molar-refractivity contribution < 1.29 is 18.0 Å². The zero-order valence-electron chi connectivity index (χ0n) is 23.5. The Morgan fingerprint density at radius 2 is 1.49 bits per heavy atom. The Bertz CT molecular complexity index is 1440. The summed E-state index contributed by atoms with van der Waals surface area (Å²) in [5.41, 5.74) is 2.45. The molecule has 216 valence electrons. The third-order valence-electron chi connectivity index (χ3n) is 8.41. The second kappa shape index (κ2) is 12.4. The van der Waals surface area contributed by atoms with Gasteiger partial charge in [-0.3, -0.25) is 4.79 Å². The molecule has 8 nitrogen and oxygen atoms in total. The Kier molecular flexibility index (Phi) is 8.75. The number of para-hydroxylation sites is 1. The van der Waals surface area contributed by atoms with Gasteiger partial charge in [0, 0.05) is 31.6 Å². The molecule has 2 heterocycles. The minimum absolute atomic E-state index is 0.131. The zero-order chi connectivity index (χ0) is 28.9. The van der Waals surface area contributed by atoms with Crippen LogP contribution in [0.15, 0.2) is 89.8 Å². The fourth-order valence-electron chi connectivity index (χ4n) is 5.94. The van der Waals surface area contributed by atoms with E-state index >= 15 is 0 Å². The predicted molar refractivity (Wildman–Crippen MR) is 160 cm³/mol. The first-order valence-corrected chi connectivity index (χ1v) is 16.1. The van der Waals surface area contributed by atoms with Crippen molar-refractivity contribution in [2.24, 2.45) is 5.41 Å². The molecule has 1 unspecified atom stereocenters. The molecule has 2 aliphatic rings. The summed E-state index contributed by atoms with van der Waals surface area (Å²) in [6.45, 7) is 3.75. The van der Waals surface area contributed by atoms with Gasteiger partial charge in [-0.15, -0.1) is 0 Å². The quantitative estimate of drug-likeness (QED) is 0.381. The fourth-order valence-corrected chi connectivity index (χ4v) is 6.57. The lowest BCUT2D eigenvalue weighted by Gasteiger charge is -2.38. The number of nitrogens with one attached hydrogen (secondary N) is 2. The fraction of sp³-hybridized carbons (Fsp3) is 0.375. The summed E-state index contributed by atoms with van der Waals surface area (Å²) in [7, 11) is -3.24. The van der Waals surface area contributed by atoms with Crippen LogP contribution in [0.4, 0.5) is 10.5 Å². The standard InChI is InChI=1S/C32H38N4O4S/c1-41(39,40)28-14-12-25(13-15-28)24-36-23-19-32(30(36)37)17-21-35(22-18-32)20-16-29(26-8-4-2-5-9-26)34-31(38)33-27-10-6-3-7-11-27/h2-15,29H,16-24H2,1H3,(H2,33,34,38). The maximum atomic E-state index is 13.5. The molecule has 3 aromatic carbocycles. The molecule has 1 atom stereocenters. The molecular weight excluding hydrogens is 536 g/mol. The van der Waals surface area contributed by atoms with Crippen LogP contribution in [0, 0.1) is 5.41 Å². The average Bonchev–Trinajstić information content (AvgIpc) is 3.26. The van der Waals surface area contributed by atoms with Crippen LogP contribution in [0.2, 0.25) is 0 Å². The van der Waals surface area contributed by atoms with E-state index in [9.17, 15) is 18.0 Å². The molecular formula is C32H38N4O4S. The second-order valence-corrected chi connectivity index (χ2v) is 13.2. The van der Waals surface area contributed by atoms with Crippen LogP contribution in [-0.4, -0.2) is 62.6 Å². The molecule has 0 radical (unpaired) electrons. The van der Waals surface area contributed by atoms with Gasteiger partial charge in [0.1, 0.15) is 0 Å². The molecule has 3 aromatic rings. The van der Waals surface area contributed by atoms with Crippen molar-refractivity contribution in [3.63, 3.8) is 0 Å². The van der Waals surface area contributed by atoms with Gasteiger partial charge in [-0.1, -0.05) is 60.7 Å². The van der Waals surface area contributed by atoms with Crippen molar-refractivity contribution in [1.29, 1.82) is 0 Å². The summed E-state index contributed by atoms with van der Waals surface area (Å²) < 4.78 is 23.5. The highest BCUT2D eigenvalue weighted by Crippen LogP contribution is 2.42. The molecule has 3 amide bonds. The number of carbonyl (C=O) groups is 2. The largest absolute Gasteiger partial charge is 0.338 e. The van der Waals surface area contributed by atoms with Gasteiger partial charge in [0.15, 0.2) is 9.84 Å². The SMILES string of the molecule is CS(=O)(=O)c1ccc(CN2CCC3(CCN(CCC(NC(=O)Nc4ccccc4)c4ccccc4)CC3)C2=O)cc1. The number of benzene rings is 3. The molecule has 0 saturated carbocycles. The molecule has 0 aromatic heterocycles. The number of nitrogens with zero attached hydrogens (tertiary/aromatic N) is 2. The van der Waals surface area contributed by atoms with E-state index in [1.54, 1.807) is 24.3 Å². The Labute approximate surface area is 242 Å². The van der Waals surface area contributed by atoms with E-state index in [2.05, 4.69) is 15.5 Å². The number of sulfone groups is 1. The van der Waals surface area contributed by atoms with Gasteiger partial charge in [0.05, 0.1) is 16.4 Å². The van der Waals surface area contributed by atoms with Gasteiger partial charge >= 0.3 is 6.03 Å². The van der Waals surface area contributed by atoms with E-state index in [1.165, 1.54) is 6.26 Å². The maximum Gasteiger partial charge on any atom is 0.319 e. The van der Waals surface area contributed by atoms with Crippen LogP contribution >= 0.6 is 0 Å². The lowest BCUT2D eigenvalue weighted by Crippen LogP contribution is -2.45. The first kappa shape index (κ1) is 28.8. The zero-order valence-corrected chi connectivity index (χ0v) is 24.3. The van der Waals surface area contributed by atoms with Crippen LogP contribution in [0.25, 0.3) is 0 Å². The summed E-state index contributed by atoms with van der Waals surface area (Å²) in [4.78, 5) is 30.9. The van der Waals surface area contributed by atoms with E-state index in [4.69, 9.17) is 0 Å². The Balaban J connectivity index is 1.14. The van der Waals surface area contributed by atoms with Crippen LogP contribution in [0.3, 0.4) is 0 Å². The van der Waals surface area contributed by atoms with Crippen molar-refractivity contribution in [3.8, 4) is 0 Å². The molecule has 0 bridgehead atoms. The highest BCUT2D eigenvalue weighted by atomic mass is 32.2. The topological polar surface area (TPSA) is 98.8 Å². The highest BCUT2D eigenvalue weighted by Gasteiger charge is 2.47. The molecule has 0 aliphatic carbocycles. The molecule has 2 fully saturated rings. The van der Waals surface area contributed by atoms with Crippen molar-refractivity contribution >= 4 is 27.5 Å². The average molecular weight is 575 g/mol. The molecule has 2 aliphatic heterocycles. The Hall–Kier alpha value is -3.69. The number of carbonyl (C=O) groups excluding carboxylic acids is 2. The number of rotatable bonds is 9. The smallest absolute Gasteiger partial charge is 0.319 e. The van der Waals surface area contributed by atoms with Gasteiger partial charge in [-0.25, -0.2) is 13.2 Å². The number of piperidine rings is 1. The van der Waals surface area contributed by atoms with Gasteiger partial charge in [-0.2, -0.15) is 0 Å². The first-order chi connectivity index (χ1) is 19.7. The van der Waals surface area contributed by atoms with E-state index in [1.807, 2.05) is 65.6 Å². The van der Waals surface area contributed by atoms with Gasteiger partial charge in [0.2, 0.25) is 5.91 Å². The molecule has 2 N–H and O–H groups in total. The minimum atomic E-state index is -3.24. The number of anilines is 1. The molecule has 41 heavy (non-hydrogen) atoms. The van der Waals surface area contributed by atoms with Crippen molar-refractivity contribution in [3.05, 3.63) is 96.1 Å². The lowest BCUT2D eigenvalue weighted by atomic mass is 9.77. The van der Waals surface area contributed by atoms with Crippen LogP contribution in [0.5, 0.6) is 0 Å². The Morgan fingerprint density at radius 3 is 2.12 bits per heavy atom. The summed E-state index contributed by atoms with van der Waals surface area (Å²) >= 11 is 0. The normalized spacial score (nSPS) is 17.9. The predicted octanol–water partition coefficient (Wildman–Crippen LogP) is 4.86. The number of amides is 3. The van der Waals surface area contributed by atoms with E-state index in [0.29, 0.717) is 11.4 Å². The number of urea groups is 1. The number of likely N-dealkylation sites (tertiary alicyclic amines) is 2. The van der Waals surface area contributed by atoms with Crippen molar-refractivity contribution in [1.82, 2.24) is 15.1 Å². The molecule has 9 heteroatoms. The van der Waals surface area contributed by atoms with Gasteiger partial charge in [0.25, 0.3) is 0 Å². The molecule has 5 rings (SSSR count). The van der Waals surface area contributed by atoms with Crippen LogP contribution in [0.1, 0.15) is 42.9 Å². The van der Waals surface area contributed by atoms with Crippen LogP contribution < -0.4 is 10.6 Å². The first-order valence-electron chi connectivity index (χ1n) is 14.2. The number of hydrogen-bond acceptors (Lipinski definition) is 5. The minimum Gasteiger partial charge on any atom is -0.338 e. The van der Waals surface area contributed by atoms with Crippen LogP contribution in [-0.2, 0) is 21.2 Å². The van der Waals surface area contributed by atoms with Gasteiger partial charge < -0.3 is 20.4 Å². The summed E-state index contributed by atoms with van der Waals surface area (Å²) in [6.07, 6.45) is 4.47. The number of hydrogen-bond donors (Lipinski definition) is 2. The third-order valence-corrected chi connectivity index (χ3v) is 9.54. The third kappa shape index (κ3) is 7.15. The summed E-state index contributed by atoms with van der Waals surface area (Å²) in [5, 5.41) is 6.06. The van der Waals surface area contributed by atoms with E-state index in [-0.39, 0.29) is 23.4 Å². The van der Waals surface area contributed by atoms with Crippen molar-refractivity contribution in [2.75, 3.05) is 37.8 Å². The van der Waals surface area contributed by atoms with Crippen molar-refractivity contribution in [2.45, 2.75) is 43.2 Å².